The van der Waals surface area contributed by atoms with Crippen LogP contribution in [0.2, 0.25) is 0 Å². The summed E-state index contributed by atoms with van der Waals surface area (Å²) in [6.07, 6.45) is 0. The zero-order valence-corrected chi connectivity index (χ0v) is 13.5. The van der Waals surface area contributed by atoms with E-state index in [1.165, 1.54) is 4.90 Å². The molecule has 0 aromatic heterocycles. The molecule has 0 aliphatic rings. The molecule has 1 atom stereocenters. The number of nitrogens with zero attached hydrogens (tertiary/aromatic N) is 1. The summed E-state index contributed by atoms with van der Waals surface area (Å²) in [5, 5.41) is 14.4. The van der Waals surface area contributed by atoms with Gasteiger partial charge in [0.15, 0.2) is 0 Å². The van der Waals surface area contributed by atoms with E-state index in [0.29, 0.717) is 6.54 Å². The lowest BCUT2D eigenvalue weighted by molar-refractivity contribution is -0.143. The van der Waals surface area contributed by atoms with Gasteiger partial charge in [0.25, 0.3) is 0 Å². The molecule has 0 aliphatic heterocycles. The Morgan fingerprint density at radius 1 is 1.14 bits per heavy atom. The molecule has 0 fully saturated rings. The van der Waals surface area contributed by atoms with E-state index in [4.69, 9.17) is 5.11 Å². The number of carboxylic acids is 1. The molecule has 0 bridgehead atoms. The van der Waals surface area contributed by atoms with Gasteiger partial charge in [-0.1, -0.05) is 13.8 Å². The Kier molecular flexibility index (Phi) is 8.42. The summed E-state index contributed by atoms with van der Waals surface area (Å²) in [5.74, 6) is -1.90. The molecule has 3 N–H and O–H groups in total. The Morgan fingerprint density at radius 3 is 2.10 bits per heavy atom. The van der Waals surface area contributed by atoms with Gasteiger partial charge in [-0.2, -0.15) is 0 Å². The van der Waals surface area contributed by atoms with Crippen LogP contribution in [0.25, 0.3) is 0 Å². The highest BCUT2D eigenvalue weighted by atomic mass is 16.4. The van der Waals surface area contributed by atoms with Crippen LogP contribution in [0, 0.1) is 11.8 Å². The Bertz CT molecular complexity index is 369. The third-order valence-corrected chi connectivity index (χ3v) is 3.05. The van der Waals surface area contributed by atoms with Crippen LogP contribution in [-0.4, -0.2) is 53.6 Å². The molecule has 21 heavy (non-hydrogen) atoms. The van der Waals surface area contributed by atoms with Crippen molar-refractivity contribution in [3.8, 4) is 0 Å². The largest absolute Gasteiger partial charge is 0.481 e. The Labute approximate surface area is 126 Å². The lowest BCUT2D eigenvalue weighted by atomic mass is 9.96. The van der Waals surface area contributed by atoms with E-state index in [-0.39, 0.29) is 31.0 Å². The van der Waals surface area contributed by atoms with E-state index in [2.05, 4.69) is 10.6 Å². The summed E-state index contributed by atoms with van der Waals surface area (Å²) in [6.45, 7) is 9.41. The number of aliphatic carboxylic acids is 1. The average molecular weight is 301 g/mol. The number of rotatable bonds is 8. The van der Waals surface area contributed by atoms with Crippen LogP contribution in [-0.2, 0) is 9.59 Å². The average Bonchev–Trinajstić information content (AvgIpc) is 2.33. The molecule has 0 radical (unpaired) electrons. The predicted molar refractivity (Wildman–Crippen MR) is 79.9 cm³/mol. The molecule has 0 aliphatic carbocycles. The lowest BCUT2D eigenvalue weighted by Crippen LogP contribution is -2.48. The summed E-state index contributed by atoms with van der Waals surface area (Å²) in [6, 6.07) is -0.417. The summed E-state index contributed by atoms with van der Waals surface area (Å²) < 4.78 is 0. The standard InChI is InChI=1S/C14H27N3O4/c1-6-17(8-12(18)16-10(4)5)14(21)15-7-11(9(2)3)13(19)20/h9-11H,6-8H2,1-5H3,(H,15,21)(H,16,18)(H,19,20). The quantitative estimate of drug-likeness (QED) is 0.620. The van der Waals surface area contributed by atoms with Gasteiger partial charge in [-0.05, 0) is 26.7 Å². The van der Waals surface area contributed by atoms with Crippen molar-refractivity contribution in [2.24, 2.45) is 11.8 Å². The fraction of sp³-hybridized carbons (Fsp3) is 0.786. The number of hydrogen-bond acceptors (Lipinski definition) is 3. The molecule has 0 aromatic rings. The van der Waals surface area contributed by atoms with Crippen molar-refractivity contribution in [1.29, 1.82) is 0 Å². The number of amides is 3. The van der Waals surface area contributed by atoms with Crippen LogP contribution < -0.4 is 10.6 Å². The van der Waals surface area contributed by atoms with E-state index in [1.54, 1.807) is 20.8 Å². The molecular formula is C14H27N3O4. The summed E-state index contributed by atoms with van der Waals surface area (Å²) in [5.41, 5.74) is 0. The molecule has 7 nitrogen and oxygen atoms in total. The molecule has 0 heterocycles. The highest BCUT2D eigenvalue weighted by Crippen LogP contribution is 2.09. The summed E-state index contributed by atoms with van der Waals surface area (Å²) in [4.78, 5) is 36.0. The van der Waals surface area contributed by atoms with Gasteiger partial charge in [0.1, 0.15) is 6.54 Å². The van der Waals surface area contributed by atoms with E-state index in [0.717, 1.165) is 0 Å². The van der Waals surface area contributed by atoms with Crippen LogP contribution in [0.15, 0.2) is 0 Å². The molecule has 7 heteroatoms. The van der Waals surface area contributed by atoms with Gasteiger partial charge in [-0.15, -0.1) is 0 Å². The first-order valence-electron chi connectivity index (χ1n) is 7.23. The van der Waals surface area contributed by atoms with Crippen molar-refractivity contribution in [1.82, 2.24) is 15.5 Å². The van der Waals surface area contributed by atoms with Crippen LogP contribution in [0.3, 0.4) is 0 Å². The number of likely N-dealkylation sites (N-methyl/N-ethyl adjacent to an activating group) is 1. The molecule has 0 aromatic carbocycles. The first-order valence-corrected chi connectivity index (χ1v) is 7.23. The van der Waals surface area contributed by atoms with Crippen molar-refractivity contribution >= 4 is 17.9 Å². The second kappa shape index (κ2) is 9.20. The minimum absolute atomic E-state index is 0.0107. The monoisotopic (exact) mass is 301 g/mol. The molecule has 0 rings (SSSR count). The van der Waals surface area contributed by atoms with Crippen molar-refractivity contribution in [3.63, 3.8) is 0 Å². The predicted octanol–water partition coefficient (Wildman–Crippen LogP) is 0.899. The van der Waals surface area contributed by atoms with E-state index in [1.807, 2.05) is 13.8 Å². The molecule has 122 valence electrons. The summed E-state index contributed by atoms with van der Waals surface area (Å²) in [7, 11) is 0. The minimum Gasteiger partial charge on any atom is -0.481 e. The Balaban J connectivity index is 4.45. The number of carbonyl (C=O) groups is 3. The normalized spacial score (nSPS) is 12.1. The highest BCUT2D eigenvalue weighted by Gasteiger charge is 2.23. The molecular weight excluding hydrogens is 274 g/mol. The number of hydrogen-bond donors (Lipinski definition) is 3. The SMILES string of the molecule is CCN(CC(=O)NC(C)C)C(=O)NCC(C(=O)O)C(C)C. The first kappa shape index (κ1) is 19.2. The maximum Gasteiger partial charge on any atom is 0.317 e. The molecule has 0 spiro atoms. The Hall–Kier alpha value is -1.79. The maximum absolute atomic E-state index is 12.0. The fourth-order valence-electron chi connectivity index (χ4n) is 1.79. The van der Waals surface area contributed by atoms with Crippen LogP contribution in [0.5, 0.6) is 0 Å². The van der Waals surface area contributed by atoms with Gasteiger partial charge < -0.3 is 20.6 Å². The van der Waals surface area contributed by atoms with E-state index in [9.17, 15) is 14.4 Å². The van der Waals surface area contributed by atoms with Gasteiger partial charge in [0.2, 0.25) is 5.91 Å². The zero-order valence-electron chi connectivity index (χ0n) is 13.5. The van der Waals surface area contributed by atoms with Crippen molar-refractivity contribution < 1.29 is 19.5 Å². The topological polar surface area (TPSA) is 98.7 Å². The lowest BCUT2D eigenvalue weighted by Gasteiger charge is -2.23. The van der Waals surface area contributed by atoms with Crippen molar-refractivity contribution in [3.05, 3.63) is 0 Å². The minimum atomic E-state index is -0.939. The fourth-order valence-corrected chi connectivity index (χ4v) is 1.79. The smallest absolute Gasteiger partial charge is 0.317 e. The van der Waals surface area contributed by atoms with E-state index >= 15 is 0 Å². The van der Waals surface area contributed by atoms with Crippen molar-refractivity contribution in [2.75, 3.05) is 19.6 Å². The maximum atomic E-state index is 12.0. The molecule has 3 amide bonds. The Morgan fingerprint density at radius 2 is 1.71 bits per heavy atom. The number of urea groups is 1. The third kappa shape index (κ3) is 7.53. The number of carboxylic acid groups (broad SMARTS) is 1. The molecule has 1 unspecified atom stereocenters. The highest BCUT2D eigenvalue weighted by molar-refractivity contribution is 5.84. The third-order valence-electron chi connectivity index (χ3n) is 3.05. The van der Waals surface area contributed by atoms with Gasteiger partial charge in [0.05, 0.1) is 5.92 Å². The number of nitrogens with one attached hydrogen (secondary N) is 2. The van der Waals surface area contributed by atoms with Gasteiger partial charge in [-0.3, -0.25) is 9.59 Å². The molecule has 0 saturated heterocycles. The van der Waals surface area contributed by atoms with Crippen molar-refractivity contribution in [2.45, 2.75) is 40.7 Å². The van der Waals surface area contributed by atoms with E-state index < -0.39 is 17.9 Å². The second-order valence-corrected chi connectivity index (χ2v) is 5.61. The summed E-state index contributed by atoms with van der Waals surface area (Å²) >= 11 is 0. The van der Waals surface area contributed by atoms with Gasteiger partial charge in [0, 0.05) is 19.1 Å². The first-order chi connectivity index (χ1) is 9.68. The van der Waals surface area contributed by atoms with Crippen LogP contribution in [0.1, 0.15) is 34.6 Å². The van der Waals surface area contributed by atoms with Gasteiger partial charge >= 0.3 is 12.0 Å². The van der Waals surface area contributed by atoms with Gasteiger partial charge in [-0.25, -0.2) is 4.79 Å². The van der Waals surface area contributed by atoms with Crippen LogP contribution in [0.4, 0.5) is 4.79 Å². The number of carbonyl (C=O) groups excluding carboxylic acids is 2. The molecule has 0 saturated carbocycles. The zero-order chi connectivity index (χ0) is 16.6. The second-order valence-electron chi connectivity index (χ2n) is 5.61. The van der Waals surface area contributed by atoms with Crippen LogP contribution >= 0.6 is 0 Å².